The third-order valence-corrected chi connectivity index (χ3v) is 2.74. The number of ether oxygens (including phenoxy) is 1. The van der Waals surface area contributed by atoms with Crippen LogP contribution in [0.1, 0.15) is 18.4 Å². The number of benzene rings is 1. The first-order valence-electron chi connectivity index (χ1n) is 5.76. The number of rotatable bonds is 7. The Balaban J connectivity index is 2.75. The first-order valence-corrected chi connectivity index (χ1v) is 5.76. The van der Waals surface area contributed by atoms with Crippen LogP contribution in [0, 0.1) is 5.82 Å². The van der Waals surface area contributed by atoms with Gasteiger partial charge in [0.15, 0.2) is 0 Å². The summed E-state index contributed by atoms with van der Waals surface area (Å²) in [6.45, 7) is 0.685. The van der Waals surface area contributed by atoms with E-state index in [1.807, 2.05) is 0 Å². The summed E-state index contributed by atoms with van der Waals surface area (Å²) in [5.41, 5.74) is 4.89. The summed E-state index contributed by atoms with van der Waals surface area (Å²) < 4.78 is 18.5. The van der Waals surface area contributed by atoms with Gasteiger partial charge in [-0.3, -0.25) is 0 Å². The van der Waals surface area contributed by atoms with Crippen LogP contribution in [0.3, 0.4) is 0 Å². The molecule has 0 aromatic heterocycles. The lowest BCUT2D eigenvalue weighted by Gasteiger charge is -2.27. The van der Waals surface area contributed by atoms with Gasteiger partial charge < -0.3 is 15.6 Å². The fourth-order valence-electron chi connectivity index (χ4n) is 1.91. The van der Waals surface area contributed by atoms with E-state index in [0.717, 1.165) is 0 Å². The molecular formula is C13H20FNO2. The molecule has 3 N–H and O–H groups in total. The van der Waals surface area contributed by atoms with Crippen molar-refractivity contribution in [1.82, 2.24) is 0 Å². The van der Waals surface area contributed by atoms with E-state index in [-0.39, 0.29) is 18.8 Å². The van der Waals surface area contributed by atoms with Crippen LogP contribution < -0.4 is 5.73 Å². The minimum absolute atomic E-state index is 0.182. The highest BCUT2D eigenvalue weighted by Crippen LogP contribution is 2.21. The first-order chi connectivity index (χ1) is 8.11. The van der Waals surface area contributed by atoms with Gasteiger partial charge in [-0.25, -0.2) is 4.39 Å². The molecule has 17 heavy (non-hydrogen) atoms. The smallest absolute Gasteiger partial charge is 0.126 e. The Kier molecular flexibility index (Phi) is 5.55. The van der Waals surface area contributed by atoms with E-state index in [1.165, 1.54) is 13.2 Å². The molecule has 96 valence electrons. The second-order valence-corrected chi connectivity index (χ2v) is 4.32. The molecule has 1 aromatic carbocycles. The molecule has 1 rings (SSSR count). The number of methoxy groups -OCH3 is 1. The van der Waals surface area contributed by atoms with Crippen molar-refractivity contribution < 1.29 is 14.2 Å². The van der Waals surface area contributed by atoms with Gasteiger partial charge >= 0.3 is 0 Å². The van der Waals surface area contributed by atoms with Gasteiger partial charge in [-0.15, -0.1) is 0 Å². The number of hydrogen-bond donors (Lipinski definition) is 2. The van der Waals surface area contributed by atoms with Crippen molar-refractivity contribution in [3.05, 3.63) is 35.6 Å². The van der Waals surface area contributed by atoms with E-state index >= 15 is 0 Å². The number of halogens is 1. The molecule has 3 nitrogen and oxygen atoms in total. The summed E-state index contributed by atoms with van der Waals surface area (Å²) in [5.74, 6) is -0.297. The zero-order chi connectivity index (χ0) is 12.7. The molecule has 0 radical (unpaired) electrons. The highest BCUT2D eigenvalue weighted by molar-refractivity contribution is 5.19. The molecule has 1 aromatic rings. The Morgan fingerprint density at radius 1 is 1.41 bits per heavy atom. The van der Waals surface area contributed by atoms with Gasteiger partial charge in [0.1, 0.15) is 5.82 Å². The lowest BCUT2D eigenvalue weighted by Crippen LogP contribution is -2.37. The van der Waals surface area contributed by atoms with Crippen molar-refractivity contribution in [1.29, 1.82) is 0 Å². The standard InChI is InChI=1S/C13H20FNO2/c1-17-10-13(16,7-4-8-15)9-11-5-2-3-6-12(11)14/h2-3,5-6,16H,4,7-10,15H2,1H3. The molecule has 0 saturated carbocycles. The summed E-state index contributed by atoms with van der Waals surface area (Å²) in [6.07, 6.45) is 1.44. The fourth-order valence-corrected chi connectivity index (χ4v) is 1.91. The van der Waals surface area contributed by atoms with Gasteiger partial charge in [0.05, 0.1) is 12.2 Å². The van der Waals surface area contributed by atoms with E-state index in [1.54, 1.807) is 18.2 Å². The van der Waals surface area contributed by atoms with Crippen LogP contribution in [0.15, 0.2) is 24.3 Å². The minimum atomic E-state index is -1.05. The molecule has 1 atom stereocenters. The zero-order valence-electron chi connectivity index (χ0n) is 10.2. The Bertz CT molecular complexity index is 346. The molecule has 0 fully saturated rings. The number of nitrogens with two attached hydrogens (primary N) is 1. The molecule has 0 heterocycles. The summed E-state index contributed by atoms with van der Waals surface area (Å²) >= 11 is 0. The van der Waals surface area contributed by atoms with Crippen LogP contribution in [-0.4, -0.2) is 31.0 Å². The molecule has 0 aliphatic heterocycles. The minimum Gasteiger partial charge on any atom is -0.387 e. The van der Waals surface area contributed by atoms with Crippen molar-refractivity contribution in [2.45, 2.75) is 24.9 Å². The summed E-state index contributed by atoms with van der Waals surface area (Å²) in [5, 5.41) is 10.4. The molecule has 4 heteroatoms. The Labute approximate surface area is 101 Å². The largest absolute Gasteiger partial charge is 0.387 e. The second-order valence-electron chi connectivity index (χ2n) is 4.32. The van der Waals surface area contributed by atoms with E-state index in [9.17, 15) is 9.50 Å². The molecule has 0 aliphatic carbocycles. The average molecular weight is 241 g/mol. The maximum atomic E-state index is 13.5. The predicted octanol–water partition coefficient (Wildman–Crippen LogP) is 1.48. The molecule has 0 aliphatic rings. The lowest BCUT2D eigenvalue weighted by atomic mass is 9.90. The van der Waals surface area contributed by atoms with Crippen molar-refractivity contribution in [3.63, 3.8) is 0 Å². The molecular weight excluding hydrogens is 221 g/mol. The Morgan fingerprint density at radius 2 is 2.12 bits per heavy atom. The third-order valence-electron chi connectivity index (χ3n) is 2.74. The maximum absolute atomic E-state index is 13.5. The maximum Gasteiger partial charge on any atom is 0.126 e. The van der Waals surface area contributed by atoms with E-state index in [4.69, 9.17) is 10.5 Å². The zero-order valence-corrected chi connectivity index (χ0v) is 10.2. The van der Waals surface area contributed by atoms with Gasteiger partial charge in [0.2, 0.25) is 0 Å². The van der Waals surface area contributed by atoms with Crippen LogP contribution in [0.5, 0.6) is 0 Å². The van der Waals surface area contributed by atoms with Gasteiger partial charge in [-0.05, 0) is 31.0 Å². The fraction of sp³-hybridized carbons (Fsp3) is 0.538. The monoisotopic (exact) mass is 241 g/mol. The van der Waals surface area contributed by atoms with E-state index in [2.05, 4.69) is 0 Å². The highest BCUT2D eigenvalue weighted by atomic mass is 19.1. The van der Waals surface area contributed by atoms with E-state index < -0.39 is 5.60 Å². The molecule has 0 saturated heterocycles. The summed E-state index contributed by atoms with van der Waals surface area (Å²) in [7, 11) is 1.52. The normalized spacial score (nSPS) is 14.6. The van der Waals surface area contributed by atoms with Gasteiger partial charge in [0, 0.05) is 13.5 Å². The van der Waals surface area contributed by atoms with Gasteiger partial charge in [-0.2, -0.15) is 0 Å². The topological polar surface area (TPSA) is 55.5 Å². The quantitative estimate of drug-likeness (QED) is 0.760. The van der Waals surface area contributed by atoms with Crippen LogP contribution in [0.2, 0.25) is 0 Å². The van der Waals surface area contributed by atoms with Crippen molar-refractivity contribution in [2.24, 2.45) is 5.73 Å². The molecule has 0 bridgehead atoms. The van der Waals surface area contributed by atoms with Gasteiger partial charge in [0.25, 0.3) is 0 Å². The first kappa shape index (κ1) is 14.1. The second kappa shape index (κ2) is 6.69. The SMILES string of the molecule is COCC(O)(CCCN)Cc1ccccc1F. The average Bonchev–Trinajstić information content (AvgIpc) is 2.30. The Hall–Kier alpha value is -0.970. The molecule has 0 amide bonds. The van der Waals surface area contributed by atoms with Crippen LogP contribution in [-0.2, 0) is 11.2 Å². The predicted molar refractivity (Wildman–Crippen MR) is 65.2 cm³/mol. The van der Waals surface area contributed by atoms with E-state index in [0.29, 0.717) is 24.9 Å². The number of aliphatic hydroxyl groups is 1. The third kappa shape index (κ3) is 4.42. The van der Waals surface area contributed by atoms with Crippen LogP contribution in [0.4, 0.5) is 4.39 Å². The highest BCUT2D eigenvalue weighted by Gasteiger charge is 2.27. The van der Waals surface area contributed by atoms with Crippen molar-refractivity contribution in [3.8, 4) is 0 Å². The van der Waals surface area contributed by atoms with Crippen molar-refractivity contribution >= 4 is 0 Å². The van der Waals surface area contributed by atoms with Crippen LogP contribution in [0.25, 0.3) is 0 Å². The van der Waals surface area contributed by atoms with Crippen LogP contribution >= 0.6 is 0 Å². The molecule has 0 spiro atoms. The Morgan fingerprint density at radius 3 is 2.71 bits per heavy atom. The number of hydrogen-bond acceptors (Lipinski definition) is 3. The lowest BCUT2D eigenvalue weighted by molar-refractivity contribution is -0.0380. The van der Waals surface area contributed by atoms with Gasteiger partial charge in [-0.1, -0.05) is 18.2 Å². The van der Waals surface area contributed by atoms with Crippen molar-refractivity contribution in [2.75, 3.05) is 20.3 Å². The summed E-state index contributed by atoms with van der Waals surface area (Å²) in [6, 6.07) is 6.46. The summed E-state index contributed by atoms with van der Waals surface area (Å²) in [4.78, 5) is 0. The molecule has 1 unspecified atom stereocenters.